The van der Waals surface area contributed by atoms with E-state index in [1.54, 1.807) is 19.1 Å². The summed E-state index contributed by atoms with van der Waals surface area (Å²) in [7, 11) is 0. The average Bonchev–Trinajstić information content (AvgIpc) is 2.68. The maximum absolute atomic E-state index is 13.0. The Morgan fingerprint density at radius 2 is 1.95 bits per heavy atom. The molecule has 1 N–H and O–H groups in total. The number of halogens is 3. The first-order chi connectivity index (χ1) is 9.20. The van der Waals surface area contributed by atoms with Crippen molar-refractivity contribution in [3.05, 3.63) is 29.6 Å². The van der Waals surface area contributed by atoms with Gasteiger partial charge >= 0.3 is 12.1 Å². The second kappa shape index (κ2) is 4.81. The number of hydrogen-bond acceptors (Lipinski definition) is 2. The van der Waals surface area contributed by atoms with Gasteiger partial charge in [0.15, 0.2) is 0 Å². The third-order valence-corrected chi connectivity index (χ3v) is 3.27. The summed E-state index contributed by atoms with van der Waals surface area (Å²) >= 11 is 0. The van der Waals surface area contributed by atoms with Crippen LogP contribution in [0.2, 0.25) is 0 Å². The van der Waals surface area contributed by atoms with E-state index in [1.165, 1.54) is 0 Å². The second-order valence-corrected chi connectivity index (χ2v) is 4.73. The van der Waals surface area contributed by atoms with Gasteiger partial charge in [0.1, 0.15) is 6.04 Å². The van der Waals surface area contributed by atoms with Crippen LogP contribution in [0.4, 0.5) is 13.2 Å². The zero-order chi connectivity index (χ0) is 15.1. The number of carbonyl (C=O) groups is 1. The Balaban J connectivity index is 2.59. The summed E-state index contributed by atoms with van der Waals surface area (Å²) in [5.41, 5.74) is 2.46. The number of rotatable bonds is 3. The van der Waals surface area contributed by atoms with Gasteiger partial charge in [0.05, 0.1) is 23.8 Å². The van der Waals surface area contributed by atoms with E-state index in [9.17, 15) is 18.0 Å². The van der Waals surface area contributed by atoms with Gasteiger partial charge in [-0.1, -0.05) is 0 Å². The van der Waals surface area contributed by atoms with E-state index in [2.05, 4.69) is 4.98 Å². The number of carboxylic acid groups (broad SMARTS) is 1. The Morgan fingerprint density at radius 3 is 2.50 bits per heavy atom. The van der Waals surface area contributed by atoms with Crippen LogP contribution in [-0.2, 0) is 4.79 Å². The van der Waals surface area contributed by atoms with Crippen LogP contribution in [0, 0.1) is 13.8 Å². The van der Waals surface area contributed by atoms with E-state index in [4.69, 9.17) is 5.11 Å². The van der Waals surface area contributed by atoms with Crippen molar-refractivity contribution in [2.45, 2.75) is 32.5 Å². The molecule has 20 heavy (non-hydrogen) atoms. The van der Waals surface area contributed by atoms with Crippen LogP contribution >= 0.6 is 0 Å². The molecule has 4 nitrogen and oxygen atoms in total. The number of benzene rings is 1. The molecule has 0 saturated carbocycles. The van der Waals surface area contributed by atoms with Crippen LogP contribution < -0.4 is 0 Å². The first-order valence-corrected chi connectivity index (χ1v) is 5.92. The number of aryl methyl sites for hydroxylation is 2. The number of aliphatic carboxylic acids is 1. The van der Waals surface area contributed by atoms with Gasteiger partial charge in [0.25, 0.3) is 0 Å². The van der Waals surface area contributed by atoms with E-state index in [-0.39, 0.29) is 5.52 Å². The lowest BCUT2D eigenvalue weighted by molar-refractivity contribution is -0.176. The van der Waals surface area contributed by atoms with E-state index < -0.39 is 24.6 Å². The standard InChI is InChI=1S/C13H13F3N2O2/c1-7-3-9-10(4-8(7)2)18(6-17-9)11(5-12(19)20)13(14,15)16/h3-4,6,11H,5H2,1-2H3,(H,19,20). The molecule has 0 aliphatic carbocycles. The van der Waals surface area contributed by atoms with Gasteiger partial charge in [0, 0.05) is 0 Å². The predicted octanol–water partition coefficient (Wildman–Crippen LogP) is 3.23. The Bertz CT molecular complexity index is 661. The normalized spacial score (nSPS) is 13.7. The molecule has 0 spiro atoms. The summed E-state index contributed by atoms with van der Waals surface area (Å²) in [6, 6.07) is 1.17. The van der Waals surface area contributed by atoms with E-state index >= 15 is 0 Å². The minimum atomic E-state index is -4.65. The molecule has 1 aromatic heterocycles. The molecule has 0 aliphatic heterocycles. The third kappa shape index (κ3) is 2.61. The predicted molar refractivity (Wildman–Crippen MR) is 66.6 cm³/mol. The molecule has 1 heterocycles. The summed E-state index contributed by atoms with van der Waals surface area (Å²) in [6.45, 7) is 3.62. The van der Waals surface area contributed by atoms with Gasteiger partial charge in [-0.2, -0.15) is 13.2 Å². The largest absolute Gasteiger partial charge is 0.481 e. The molecule has 108 valence electrons. The van der Waals surface area contributed by atoms with Crippen molar-refractivity contribution in [1.29, 1.82) is 0 Å². The van der Waals surface area contributed by atoms with E-state index in [1.807, 2.05) is 6.92 Å². The fraction of sp³-hybridized carbons (Fsp3) is 0.385. The van der Waals surface area contributed by atoms with Crippen LogP contribution in [0.1, 0.15) is 23.6 Å². The van der Waals surface area contributed by atoms with Crippen LogP contribution in [0.15, 0.2) is 18.5 Å². The molecule has 1 unspecified atom stereocenters. The average molecular weight is 286 g/mol. The van der Waals surface area contributed by atoms with Gasteiger partial charge in [-0.25, -0.2) is 4.98 Å². The van der Waals surface area contributed by atoms with E-state index in [0.717, 1.165) is 22.0 Å². The first kappa shape index (κ1) is 14.4. The lowest BCUT2D eigenvalue weighted by Crippen LogP contribution is -2.28. The molecule has 0 saturated heterocycles. The highest BCUT2D eigenvalue weighted by Gasteiger charge is 2.43. The fourth-order valence-electron chi connectivity index (χ4n) is 2.07. The number of alkyl halides is 3. The Hall–Kier alpha value is -2.05. The molecule has 7 heteroatoms. The number of imidazole rings is 1. The third-order valence-electron chi connectivity index (χ3n) is 3.27. The number of nitrogens with zero attached hydrogens (tertiary/aromatic N) is 2. The monoisotopic (exact) mass is 286 g/mol. The molecule has 0 aliphatic rings. The molecular formula is C13H13F3N2O2. The van der Waals surface area contributed by atoms with Gasteiger partial charge in [-0.05, 0) is 37.1 Å². The summed E-state index contributed by atoms with van der Waals surface area (Å²) in [6.07, 6.45) is -4.63. The quantitative estimate of drug-likeness (QED) is 0.942. The minimum absolute atomic E-state index is 0.289. The minimum Gasteiger partial charge on any atom is -0.481 e. The van der Waals surface area contributed by atoms with Crippen LogP contribution in [-0.4, -0.2) is 26.8 Å². The Kier molecular flexibility index (Phi) is 3.45. The summed E-state index contributed by atoms with van der Waals surface area (Å²) in [5, 5.41) is 8.68. The highest BCUT2D eigenvalue weighted by atomic mass is 19.4. The molecule has 1 aromatic carbocycles. The zero-order valence-electron chi connectivity index (χ0n) is 10.9. The maximum atomic E-state index is 13.0. The summed E-state index contributed by atoms with van der Waals surface area (Å²) in [4.78, 5) is 14.6. The van der Waals surface area contributed by atoms with Crippen molar-refractivity contribution in [2.24, 2.45) is 0 Å². The highest BCUT2D eigenvalue weighted by Crippen LogP contribution is 2.35. The molecule has 2 rings (SSSR count). The number of fused-ring (bicyclic) bond motifs is 1. The summed E-state index contributed by atoms with van der Waals surface area (Å²) in [5.74, 6) is -1.50. The number of carboxylic acids is 1. The molecule has 2 aromatic rings. The Labute approximate surface area is 112 Å². The molecule has 0 radical (unpaired) electrons. The molecule has 1 atom stereocenters. The smallest absolute Gasteiger partial charge is 0.409 e. The fourth-order valence-corrected chi connectivity index (χ4v) is 2.07. The van der Waals surface area contributed by atoms with Gasteiger partial charge < -0.3 is 9.67 Å². The second-order valence-electron chi connectivity index (χ2n) is 4.73. The molecule has 0 bridgehead atoms. The van der Waals surface area contributed by atoms with Crippen molar-refractivity contribution < 1.29 is 23.1 Å². The summed E-state index contributed by atoms with van der Waals surface area (Å²) < 4.78 is 40.0. The van der Waals surface area contributed by atoms with Crippen LogP contribution in [0.3, 0.4) is 0 Å². The van der Waals surface area contributed by atoms with Gasteiger partial charge in [-0.15, -0.1) is 0 Å². The van der Waals surface area contributed by atoms with Crippen molar-refractivity contribution >= 4 is 17.0 Å². The number of hydrogen-bond donors (Lipinski definition) is 1. The van der Waals surface area contributed by atoms with Crippen molar-refractivity contribution in [1.82, 2.24) is 9.55 Å². The highest BCUT2D eigenvalue weighted by molar-refractivity contribution is 5.78. The van der Waals surface area contributed by atoms with Crippen molar-refractivity contribution in [2.75, 3.05) is 0 Å². The lowest BCUT2D eigenvalue weighted by Gasteiger charge is -2.21. The molecule has 0 amide bonds. The lowest BCUT2D eigenvalue weighted by atomic mass is 10.1. The zero-order valence-corrected chi connectivity index (χ0v) is 10.9. The van der Waals surface area contributed by atoms with Crippen LogP contribution in [0.25, 0.3) is 11.0 Å². The SMILES string of the molecule is Cc1cc2ncn(C(CC(=O)O)C(F)(F)F)c2cc1C. The maximum Gasteiger partial charge on any atom is 0.409 e. The van der Waals surface area contributed by atoms with Gasteiger partial charge in [0.2, 0.25) is 0 Å². The topological polar surface area (TPSA) is 55.1 Å². The number of aromatic nitrogens is 2. The van der Waals surface area contributed by atoms with Crippen LogP contribution in [0.5, 0.6) is 0 Å². The van der Waals surface area contributed by atoms with Gasteiger partial charge in [-0.3, -0.25) is 4.79 Å². The molecule has 0 fully saturated rings. The molecular weight excluding hydrogens is 273 g/mol. The first-order valence-electron chi connectivity index (χ1n) is 5.92. The van der Waals surface area contributed by atoms with Crippen molar-refractivity contribution in [3.8, 4) is 0 Å². The Morgan fingerprint density at radius 1 is 1.35 bits per heavy atom. The van der Waals surface area contributed by atoms with E-state index in [0.29, 0.717) is 5.52 Å². The van der Waals surface area contributed by atoms with Crippen molar-refractivity contribution in [3.63, 3.8) is 0 Å².